The fourth-order valence-electron chi connectivity index (χ4n) is 7.40. The molecule has 0 fully saturated rings. The third kappa shape index (κ3) is 51.1. The molecule has 0 aliphatic rings. The fraction of sp³-hybridized carbons (Fsp3) is 0.786. The minimum Gasteiger partial charge on any atom is -0.462 e. The number of hydrogen-bond donors (Lipinski definition) is 1. The molecule has 1 N–H and O–H groups in total. The molecule has 0 spiro atoms. The largest absolute Gasteiger partial charge is 0.472 e. The molecule has 0 aliphatic heterocycles. The third-order valence-electron chi connectivity index (χ3n) is 11.6. The van der Waals surface area contributed by atoms with Crippen molar-refractivity contribution in [2.45, 2.75) is 238 Å². The maximum Gasteiger partial charge on any atom is 0.472 e. The first-order valence-corrected chi connectivity index (χ1v) is 28.5. The number of unbranched alkanes of at least 4 members (excludes halogenated alkanes) is 25. The SMILES string of the molecule is CC/C=C/C/C=C/C/C=C/C/C=C/C/C=C/CCCCCC(=O)OC[C@H](COP(=O)(O)OCC[N+](C)(C)C)OC(=O)CCCCCCCCCCCCCCCCCCCCCCCCC. The molecule has 66 heavy (non-hydrogen) atoms. The zero-order valence-electron chi connectivity index (χ0n) is 43.4. The quantitative estimate of drug-likeness (QED) is 0.0211. The smallest absolute Gasteiger partial charge is 0.462 e. The number of ether oxygens (including phenoxy) is 2. The summed E-state index contributed by atoms with van der Waals surface area (Å²) in [6, 6.07) is 0. The van der Waals surface area contributed by atoms with E-state index in [-0.39, 0.29) is 26.1 Å². The number of carbonyl (C=O) groups excluding carboxylic acids is 2. The van der Waals surface area contributed by atoms with Gasteiger partial charge in [-0.3, -0.25) is 18.6 Å². The number of quaternary nitrogens is 1. The van der Waals surface area contributed by atoms with Gasteiger partial charge in [-0.15, -0.1) is 0 Å². The standard InChI is InChI=1S/C56H102NO8P/c1-6-8-10-12-14-16-18-20-22-24-26-27-28-29-31-33-35-37-39-41-43-45-47-49-56(59)65-54(53-64-66(60,61)63-51-50-57(3,4)5)52-62-55(58)48-46-44-42-40-38-36-34-32-30-25-23-21-19-17-15-13-11-9-7-2/h9,11,15,17,21,23,30,32,36,38,54H,6-8,10,12-14,16,18-20,22,24-29,31,33-35,37,39-53H2,1-5H3/p+1/b11-9+,17-15+,23-21+,32-30+,38-36+/t54-/m1/s1. The van der Waals surface area contributed by atoms with E-state index in [0.29, 0.717) is 23.9 Å². The van der Waals surface area contributed by atoms with Gasteiger partial charge in [-0.05, 0) is 57.8 Å². The third-order valence-corrected chi connectivity index (χ3v) is 12.5. The van der Waals surface area contributed by atoms with Crippen molar-refractivity contribution in [2.75, 3.05) is 47.5 Å². The Morgan fingerprint density at radius 1 is 0.485 bits per heavy atom. The Morgan fingerprint density at radius 3 is 1.29 bits per heavy atom. The molecule has 0 saturated carbocycles. The molecule has 0 amide bonds. The highest BCUT2D eigenvalue weighted by Crippen LogP contribution is 2.43. The molecular formula is C56H103NO8P+. The molecule has 0 aromatic carbocycles. The molecule has 9 nitrogen and oxygen atoms in total. The Morgan fingerprint density at radius 2 is 0.864 bits per heavy atom. The van der Waals surface area contributed by atoms with Crippen LogP contribution in [0.5, 0.6) is 0 Å². The minimum absolute atomic E-state index is 0.0251. The molecule has 0 saturated heterocycles. The van der Waals surface area contributed by atoms with Gasteiger partial charge < -0.3 is 18.9 Å². The van der Waals surface area contributed by atoms with Crippen LogP contribution in [0.15, 0.2) is 60.8 Å². The van der Waals surface area contributed by atoms with E-state index in [4.69, 9.17) is 18.5 Å². The van der Waals surface area contributed by atoms with E-state index in [0.717, 1.165) is 64.2 Å². The number of hydrogen-bond acceptors (Lipinski definition) is 7. The number of rotatable bonds is 49. The lowest BCUT2D eigenvalue weighted by atomic mass is 10.0. The van der Waals surface area contributed by atoms with E-state index in [1.165, 1.54) is 128 Å². The Balaban J connectivity index is 4.24. The molecule has 0 aromatic heterocycles. The molecule has 0 bridgehead atoms. The summed E-state index contributed by atoms with van der Waals surface area (Å²) in [5, 5.41) is 0. The van der Waals surface area contributed by atoms with Crippen LogP contribution in [0.25, 0.3) is 0 Å². The maximum absolute atomic E-state index is 12.8. The van der Waals surface area contributed by atoms with Gasteiger partial charge in [0.2, 0.25) is 0 Å². The van der Waals surface area contributed by atoms with Crippen LogP contribution in [0.1, 0.15) is 232 Å². The fourth-order valence-corrected chi connectivity index (χ4v) is 8.14. The van der Waals surface area contributed by atoms with Gasteiger partial charge in [-0.25, -0.2) is 4.57 Å². The number of allylic oxidation sites excluding steroid dienone is 10. The minimum atomic E-state index is -4.39. The number of esters is 2. The van der Waals surface area contributed by atoms with Gasteiger partial charge in [-0.1, -0.05) is 222 Å². The summed E-state index contributed by atoms with van der Waals surface area (Å²) < 4.78 is 34.5. The molecule has 10 heteroatoms. The van der Waals surface area contributed by atoms with Crippen LogP contribution in [0.2, 0.25) is 0 Å². The average molecular weight is 949 g/mol. The highest BCUT2D eigenvalue weighted by Gasteiger charge is 2.27. The van der Waals surface area contributed by atoms with Crippen LogP contribution in [-0.4, -0.2) is 74.9 Å². The summed E-state index contributed by atoms with van der Waals surface area (Å²) in [5.74, 6) is -0.830. The topological polar surface area (TPSA) is 108 Å². The molecule has 2 atom stereocenters. The Hall–Kier alpha value is -2.29. The highest BCUT2D eigenvalue weighted by molar-refractivity contribution is 7.47. The normalized spacial score (nSPS) is 13.8. The summed E-state index contributed by atoms with van der Waals surface area (Å²) in [7, 11) is 1.46. The van der Waals surface area contributed by atoms with E-state index >= 15 is 0 Å². The molecule has 0 radical (unpaired) electrons. The average Bonchev–Trinajstić information content (AvgIpc) is 3.27. The number of carbonyl (C=O) groups is 2. The van der Waals surface area contributed by atoms with Gasteiger partial charge in [0.25, 0.3) is 0 Å². The summed E-state index contributed by atoms with van der Waals surface area (Å²) >= 11 is 0. The van der Waals surface area contributed by atoms with Crippen LogP contribution in [0, 0.1) is 0 Å². The second-order valence-electron chi connectivity index (χ2n) is 19.2. The Bertz CT molecular complexity index is 1300. The van der Waals surface area contributed by atoms with Crippen LogP contribution in [0.4, 0.5) is 0 Å². The molecule has 1 unspecified atom stereocenters. The molecule has 0 rings (SSSR count). The zero-order chi connectivity index (χ0) is 48.5. The predicted octanol–water partition coefficient (Wildman–Crippen LogP) is 16.4. The number of phosphoric acid groups is 1. The second-order valence-corrected chi connectivity index (χ2v) is 20.7. The summed E-state index contributed by atoms with van der Waals surface area (Å²) in [4.78, 5) is 35.6. The first-order valence-electron chi connectivity index (χ1n) is 27.0. The van der Waals surface area contributed by atoms with Crippen molar-refractivity contribution in [3.8, 4) is 0 Å². The highest BCUT2D eigenvalue weighted by atomic mass is 31.2. The van der Waals surface area contributed by atoms with E-state index < -0.39 is 32.5 Å². The van der Waals surface area contributed by atoms with Gasteiger partial charge in [-0.2, -0.15) is 0 Å². The van der Waals surface area contributed by atoms with Gasteiger partial charge >= 0.3 is 19.8 Å². The van der Waals surface area contributed by atoms with Crippen molar-refractivity contribution in [3.05, 3.63) is 60.8 Å². The summed E-state index contributed by atoms with van der Waals surface area (Å²) in [5.41, 5.74) is 0. The first-order chi connectivity index (χ1) is 32.0. The Labute approximate surface area is 406 Å². The Kier molecular flexibility index (Phi) is 46.1. The first kappa shape index (κ1) is 63.7. The molecule has 384 valence electrons. The lowest BCUT2D eigenvalue weighted by molar-refractivity contribution is -0.870. The van der Waals surface area contributed by atoms with Crippen molar-refractivity contribution in [1.82, 2.24) is 0 Å². The number of nitrogens with zero attached hydrogens (tertiary/aromatic N) is 1. The lowest BCUT2D eigenvalue weighted by Gasteiger charge is -2.24. The molecule has 0 heterocycles. The van der Waals surface area contributed by atoms with Gasteiger partial charge in [0.05, 0.1) is 27.7 Å². The molecule has 0 aromatic rings. The lowest BCUT2D eigenvalue weighted by Crippen LogP contribution is -2.37. The zero-order valence-corrected chi connectivity index (χ0v) is 44.3. The van der Waals surface area contributed by atoms with Crippen LogP contribution in [-0.2, 0) is 32.7 Å². The summed E-state index contributed by atoms with van der Waals surface area (Å²) in [6.07, 6.45) is 60.0. The maximum atomic E-state index is 12.8. The number of likely N-dealkylation sites (N-methyl/N-ethyl adjacent to an activating group) is 1. The van der Waals surface area contributed by atoms with Crippen molar-refractivity contribution >= 4 is 19.8 Å². The second kappa shape index (κ2) is 47.8. The summed E-state index contributed by atoms with van der Waals surface area (Å²) in [6.45, 7) is 4.30. The van der Waals surface area contributed by atoms with Crippen LogP contribution >= 0.6 is 7.82 Å². The van der Waals surface area contributed by atoms with Gasteiger partial charge in [0.15, 0.2) is 6.10 Å². The van der Waals surface area contributed by atoms with Crippen LogP contribution < -0.4 is 0 Å². The number of phosphoric ester groups is 1. The molecular weight excluding hydrogens is 846 g/mol. The van der Waals surface area contributed by atoms with E-state index in [1.54, 1.807) is 0 Å². The van der Waals surface area contributed by atoms with Crippen molar-refractivity contribution in [1.29, 1.82) is 0 Å². The van der Waals surface area contributed by atoms with E-state index in [2.05, 4.69) is 74.6 Å². The van der Waals surface area contributed by atoms with Crippen LogP contribution in [0.3, 0.4) is 0 Å². The van der Waals surface area contributed by atoms with E-state index in [1.807, 2.05) is 21.1 Å². The van der Waals surface area contributed by atoms with Gasteiger partial charge in [0.1, 0.15) is 19.8 Å². The molecule has 0 aliphatic carbocycles. The van der Waals surface area contributed by atoms with E-state index in [9.17, 15) is 19.0 Å². The predicted molar refractivity (Wildman–Crippen MR) is 279 cm³/mol. The van der Waals surface area contributed by atoms with Crippen molar-refractivity contribution in [3.63, 3.8) is 0 Å². The van der Waals surface area contributed by atoms with Crippen molar-refractivity contribution < 1.29 is 42.1 Å². The monoisotopic (exact) mass is 949 g/mol. The van der Waals surface area contributed by atoms with Crippen molar-refractivity contribution in [2.24, 2.45) is 0 Å². The van der Waals surface area contributed by atoms with Gasteiger partial charge in [0, 0.05) is 12.8 Å².